The Labute approximate surface area is 119 Å². The minimum atomic E-state index is -3.55. The molecule has 6 heteroatoms. The van der Waals surface area contributed by atoms with Crippen LogP contribution in [0.2, 0.25) is 0 Å². The summed E-state index contributed by atoms with van der Waals surface area (Å²) >= 11 is 0. The molecule has 0 aliphatic rings. The van der Waals surface area contributed by atoms with Gasteiger partial charge in [-0.1, -0.05) is 30.3 Å². The first-order valence-corrected chi connectivity index (χ1v) is 7.82. The molecular formula is C14H17N3O2S. The van der Waals surface area contributed by atoms with Gasteiger partial charge in [-0.15, -0.1) is 0 Å². The number of nitrogens with one attached hydrogen (secondary N) is 2. The maximum atomic E-state index is 12.2. The Kier molecular flexibility index (Phi) is 4.70. The van der Waals surface area contributed by atoms with Crippen LogP contribution in [0.1, 0.15) is 12.5 Å². The minimum absolute atomic E-state index is 0.159. The van der Waals surface area contributed by atoms with Gasteiger partial charge in [0.25, 0.3) is 0 Å². The van der Waals surface area contributed by atoms with Crippen LogP contribution in [0.4, 0.5) is 5.69 Å². The number of benzene rings is 1. The summed E-state index contributed by atoms with van der Waals surface area (Å²) in [6.07, 6.45) is 2.94. The molecule has 0 unspecified atom stereocenters. The summed E-state index contributed by atoms with van der Waals surface area (Å²) in [5, 5.41) is 3.04. The van der Waals surface area contributed by atoms with Crippen molar-refractivity contribution in [2.45, 2.75) is 18.4 Å². The molecule has 1 heterocycles. The van der Waals surface area contributed by atoms with E-state index in [1.807, 2.05) is 37.3 Å². The monoisotopic (exact) mass is 291 g/mol. The van der Waals surface area contributed by atoms with Gasteiger partial charge in [0, 0.05) is 19.3 Å². The molecule has 0 aliphatic carbocycles. The number of nitrogens with zero attached hydrogens (tertiary/aromatic N) is 1. The Morgan fingerprint density at radius 1 is 1.15 bits per heavy atom. The Morgan fingerprint density at radius 3 is 2.60 bits per heavy atom. The summed E-state index contributed by atoms with van der Waals surface area (Å²) in [6.45, 7) is 2.91. The average molecular weight is 291 g/mol. The topological polar surface area (TPSA) is 71.1 Å². The van der Waals surface area contributed by atoms with Crippen LogP contribution in [0.15, 0.2) is 53.7 Å². The molecule has 0 atom stereocenters. The summed E-state index contributed by atoms with van der Waals surface area (Å²) in [6, 6.07) is 10.9. The zero-order chi connectivity index (χ0) is 14.4. The van der Waals surface area contributed by atoms with Crippen molar-refractivity contribution in [2.75, 3.05) is 11.9 Å². The van der Waals surface area contributed by atoms with E-state index < -0.39 is 10.0 Å². The highest BCUT2D eigenvalue weighted by Gasteiger charge is 2.14. The molecule has 0 fully saturated rings. The molecule has 0 saturated heterocycles. The molecule has 106 valence electrons. The van der Waals surface area contributed by atoms with E-state index in [-0.39, 0.29) is 11.4 Å². The zero-order valence-corrected chi connectivity index (χ0v) is 12.0. The van der Waals surface area contributed by atoms with Crippen LogP contribution in [0.5, 0.6) is 0 Å². The molecule has 1 aromatic carbocycles. The number of rotatable bonds is 6. The van der Waals surface area contributed by atoms with Gasteiger partial charge < -0.3 is 5.32 Å². The predicted molar refractivity (Wildman–Crippen MR) is 78.9 cm³/mol. The molecular weight excluding hydrogens is 274 g/mol. The van der Waals surface area contributed by atoms with Gasteiger partial charge in [-0.05, 0) is 18.6 Å². The Balaban J connectivity index is 2.12. The summed E-state index contributed by atoms with van der Waals surface area (Å²) in [5.74, 6) is 0. The van der Waals surface area contributed by atoms with Crippen LogP contribution < -0.4 is 10.0 Å². The molecule has 0 bridgehead atoms. The number of aromatic nitrogens is 1. The van der Waals surface area contributed by atoms with Crippen LogP contribution in [-0.2, 0) is 16.6 Å². The molecule has 0 radical (unpaired) electrons. The van der Waals surface area contributed by atoms with Gasteiger partial charge in [0.05, 0.1) is 11.9 Å². The first kappa shape index (κ1) is 14.5. The van der Waals surface area contributed by atoms with Gasteiger partial charge in [0.1, 0.15) is 4.90 Å². The first-order valence-electron chi connectivity index (χ1n) is 6.34. The van der Waals surface area contributed by atoms with E-state index in [1.54, 1.807) is 12.3 Å². The lowest BCUT2D eigenvalue weighted by Crippen LogP contribution is -2.23. The standard InChI is InChI=1S/C14H17N3O2S/c1-2-16-13-8-14(11-15-10-13)20(18,19)17-9-12-6-4-3-5-7-12/h3-8,10-11,16-17H,2,9H2,1H3. The van der Waals surface area contributed by atoms with Gasteiger partial charge in [0.15, 0.2) is 0 Å². The van der Waals surface area contributed by atoms with E-state index in [1.165, 1.54) is 6.20 Å². The molecule has 0 aliphatic heterocycles. The molecule has 0 spiro atoms. The zero-order valence-electron chi connectivity index (χ0n) is 11.2. The molecule has 20 heavy (non-hydrogen) atoms. The lowest BCUT2D eigenvalue weighted by atomic mass is 10.2. The van der Waals surface area contributed by atoms with Crippen LogP contribution >= 0.6 is 0 Å². The Hall–Kier alpha value is -1.92. The van der Waals surface area contributed by atoms with Crippen molar-refractivity contribution >= 4 is 15.7 Å². The number of sulfonamides is 1. The SMILES string of the molecule is CCNc1cncc(S(=O)(=O)NCc2ccccc2)c1. The third kappa shape index (κ3) is 3.79. The Bertz CT molecular complexity index is 657. The van der Waals surface area contributed by atoms with E-state index in [0.717, 1.165) is 5.56 Å². The van der Waals surface area contributed by atoms with Gasteiger partial charge in [-0.2, -0.15) is 0 Å². The highest BCUT2D eigenvalue weighted by molar-refractivity contribution is 7.89. The van der Waals surface area contributed by atoms with Crippen molar-refractivity contribution < 1.29 is 8.42 Å². The lowest BCUT2D eigenvalue weighted by molar-refractivity contribution is 0.581. The van der Waals surface area contributed by atoms with E-state index in [9.17, 15) is 8.42 Å². The van der Waals surface area contributed by atoms with E-state index >= 15 is 0 Å². The van der Waals surface area contributed by atoms with E-state index in [0.29, 0.717) is 12.2 Å². The largest absolute Gasteiger partial charge is 0.384 e. The Morgan fingerprint density at radius 2 is 1.90 bits per heavy atom. The fourth-order valence-electron chi connectivity index (χ4n) is 1.72. The van der Waals surface area contributed by atoms with Crippen molar-refractivity contribution in [3.8, 4) is 0 Å². The van der Waals surface area contributed by atoms with Crippen molar-refractivity contribution in [1.82, 2.24) is 9.71 Å². The van der Waals surface area contributed by atoms with Gasteiger partial charge in [-0.3, -0.25) is 4.98 Å². The fourth-order valence-corrected chi connectivity index (χ4v) is 2.73. The molecule has 0 saturated carbocycles. The van der Waals surface area contributed by atoms with Gasteiger partial charge in [0.2, 0.25) is 10.0 Å². The summed E-state index contributed by atoms with van der Waals surface area (Å²) in [5.41, 5.74) is 1.60. The summed E-state index contributed by atoms with van der Waals surface area (Å²) < 4.78 is 26.9. The normalized spacial score (nSPS) is 11.2. The van der Waals surface area contributed by atoms with Crippen LogP contribution in [0, 0.1) is 0 Å². The smallest absolute Gasteiger partial charge is 0.242 e. The highest BCUT2D eigenvalue weighted by atomic mass is 32.2. The first-order chi connectivity index (χ1) is 9.62. The molecule has 5 nitrogen and oxygen atoms in total. The summed E-state index contributed by atoms with van der Waals surface area (Å²) in [7, 11) is -3.55. The van der Waals surface area contributed by atoms with E-state index in [4.69, 9.17) is 0 Å². The summed E-state index contributed by atoms with van der Waals surface area (Å²) in [4.78, 5) is 4.10. The second-order valence-corrected chi connectivity index (χ2v) is 6.02. The van der Waals surface area contributed by atoms with Crippen molar-refractivity contribution in [3.05, 3.63) is 54.4 Å². The van der Waals surface area contributed by atoms with Crippen molar-refractivity contribution in [3.63, 3.8) is 0 Å². The molecule has 1 aromatic heterocycles. The number of hydrogen-bond acceptors (Lipinski definition) is 4. The molecule has 2 aromatic rings. The maximum absolute atomic E-state index is 12.2. The number of pyridine rings is 1. The second-order valence-electron chi connectivity index (χ2n) is 4.25. The van der Waals surface area contributed by atoms with Crippen LogP contribution in [0.25, 0.3) is 0 Å². The highest BCUT2D eigenvalue weighted by Crippen LogP contribution is 2.13. The van der Waals surface area contributed by atoms with Crippen LogP contribution in [0.3, 0.4) is 0 Å². The molecule has 2 N–H and O–H groups in total. The fraction of sp³-hybridized carbons (Fsp3) is 0.214. The number of anilines is 1. The van der Waals surface area contributed by atoms with Gasteiger partial charge >= 0.3 is 0 Å². The predicted octanol–water partition coefficient (Wildman–Crippen LogP) is 1.99. The maximum Gasteiger partial charge on any atom is 0.242 e. The number of hydrogen-bond donors (Lipinski definition) is 2. The second kappa shape index (κ2) is 6.49. The minimum Gasteiger partial charge on any atom is -0.384 e. The molecule has 0 amide bonds. The third-order valence-corrected chi connectivity index (χ3v) is 4.08. The van der Waals surface area contributed by atoms with Gasteiger partial charge in [-0.25, -0.2) is 13.1 Å². The third-order valence-electron chi connectivity index (χ3n) is 2.71. The lowest BCUT2D eigenvalue weighted by Gasteiger charge is -2.08. The van der Waals surface area contributed by atoms with E-state index in [2.05, 4.69) is 15.0 Å². The van der Waals surface area contributed by atoms with Crippen molar-refractivity contribution in [1.29, 1.82) is 0 Å². The average Bonchev–Trinajstić information content (AvgIpc) is 2.47. The van der Waals surface area contributed by atoms with Crippen molar-refractivity contribution in [2.24, 2.45) is 0 Å². The van der Waals surface area contributed by atoms with Crippen LogP contribution in [-0.4, -0.2) is 19.9 Å². The molecule has 2 rings (SSSR count). The quantitative estimate of drug-likeness (QED) is 0.854.